The van der Waals surface area contributed by atoms with Crippen LogP contribution in [-0.4, -0.2) is 48.8 Å². The monoisotopic (exact) mass is 523 g/mol. The summed E-state index contributed by atoms with van der Waals surface area (Å²) in [5.41, 5.74) is 0.188. The SMILES string of the molecule is CN1C(C(=O)Nc2ccc(F)c(Cl)c2)CC(C(=O)NCc2cc(Br)no2)NS1(=O)=O. The predicted octanol–water partition coefficient (Wildman–Crippen LogP) is 1.39. The Hall–Kier alpha value is -2.06. The van der Waals surface area contributed by atoms with Gasteiger partial charge in [-0.1, -0.05) is 16.8 Å². The average molecular weight is 525 g/mol. The lowest BCUT2D eigenvalue weighted by molar-refractivity contribution is -0.125. The molecule has 0 saturated carbocycles. The maximum Gasteiger partial charge on any atom is 0.280 e. The summed E-state index contributed by atoms with van der Waals surface area (Å²) >= 11 is 8.81. The lowest BCUT2D eigenvalue weighted by atomic mass is 10.1. The van der Waals surface area contributed by atoms with Gasteiger partial charge in [0.05, 0.1) is 11.6 Å². The van der Waals surface area contributed by atoms with Crippen molar-refractivity contribution in [2.75, 3.05) is 12.4 Å². The second kappa shape index (κ2) is 8.98. The molecule has 3 rings (SSSR count). The molecule has 0 bridgehead atoms. The molecule has 1 fully saturated rings. The third-order valence-corrected chi connectivity index (χ3v) is 6.60. The van der Waals surface area contributed by atoms with Gasteiger partial charge in [0.2, 0.25) is 11.8 Å². The maximum absolute atomic E-state index is 13.3. The zero-order chi connectivity index (χ0) is 22.1. The number of hydrogen-bond donors (Lipinski definition) is 3. The topological polar surface area (TPSA) is 134 Å². The molecule has 0 aliphatic carbocycles. The highest BCUT2D eigenvalue weighted by molar-refractivity contribution is 9.10. The standard InChI is InChI=1S/C16H16BrClFN5O5S/c1-24-13(16(26)21-8-2-3-11(19)10(18)4-8)6-12(23-30(24,27)28)15(25)20-7-9-5-14(17)22-29-9/h2-5,12-13,23H,6-7H2,1H3,(H,20,25)(H,21,26). The molecule has 2 atom stereocenters. The van der Waals surface area contributed by atoms with E-state index in [0.717, 1.165) is 10.4 Å². The van der Waals surface area contributed by atoms with E-state index in [9.17, 15) is 22.4 Å². The Bertz CT molecular complexity index is 1080. The number of likely N-dealkylation sites (N-methyl/N-ethyl adjacent to an activating group) is 1. The lowest BCUT2D eigenvalue weighted by Gasteiger charge is -2.35. The van der Waals surface area contributed by atoms with Crippen LogP contribution in [0.3, 0.4) is 0 Å². The van der Waals surface area contributed by atoms with Crippen LogP contribution >= 0.6 is 27.5 Å². The van der Waals surface area contributed by atoms with Crippen LogP contribution in [0.2, 0.25) is 5.02 Å². The van der Waals surface area contributed by atoms with E-state index >= 15 is 0 Å². The van der Waals surface area contributed by atoms with Gasteiger partial charge in [0.15, 0.2) is 5.76 Å². The Morgan fingerprint density at radius 1 is 1.40 bits per heavy atom. The van der Waals surface area contributed by atoms with Crippen LogP contribution in [0.4, 0.5) is 10.1 Å². The summed E-state index contributed by atoms with van der Waals surface area (Å²) in [5.74, 6) is -1.63. The summed E-state index contributed by atoms with van der Waals surface area (Å²) in [7, 11) is -2.89. The van der Waals surface area contributed by atoms with Gasteiger partial charge in [-0.3, -0.25) is 9.59 Å². The molecular formula is C16H16BrClFN5O5S. The molecule has 0 radical (unpaired) electrons. The minimum atomic E-state index is -4.10. The van der Waals surface area contributed by atoms with Gasteiger partial charge in [-0.05, 0) is 40.5 Å². The normalized spacial score (nSPS) is 21.2. The van der Waals surface area contributed by atoms with Gasteiger partial charge >= 0.3 is 0 Å². The summed E-state index contributed by atoms with van der Waals surface area (Å²) in [6.45, 7) is -0.0174. The van der Waals surface area contributed by atoms with Crippen LogP contribution in [-0.2, 0) is 26.3 Å². The fraction of sp³-hybridized carbons (Fsp3) is 0.312. The molecule has 30 heavy (non-hydrogen) atoms. The number of aromatic nitrogens is 1. The molecule has 2 unspecified atom stereocenters. The highest BCUT2D eigenvalue weighted by atomic mass is 79.9. The van der Waals surface area contributed by atoms with Gasteiger partial charge in [0, 0.05) is 18.8 Å². The zero-order valence-corrected chi connectivity index (χ0v) is 18.5. The van der Waals surface area contributed by atoms with Gasteiger partial charge in [-0.2, -0.15) is 17.4 Å². The number of carbonyl (C=O) groups is 2. The van der Waals surface area contributed by atoms with E-state index in [1.54, 1.807) is 6.07 Å². The van der Waals surface area contributed by atoms with Crippen molar-refractivity contribution in [1.29, 1.82) is 0 Å². The Balaban J connectivity index is 1.70. The van der Waals surface area contributed by atoms with Gasteiger partial charge in [0.25, 0.3) is 10.2 Å². The Labute approximate surface area is 184 Å². The number of anilines is 1. The van der Waals surface area contributed by atoms with Crippen molar-refractivity contribution in [3.05, 3.63) is 45.5 Å². The fourth-order valence-corrected chi connectivity index (χ4v) is 4.51. The molecule has 0 spiro atoms. The number of amides is 2. The number of hydrogen-bond acceptors (Lipinski definition) is 6. The lowest BCUT2D eigenvalue weighted by Crippen LogP contribution is -2.62. The minimum Gasteiger partial charge on any atom is -0.358 e. The van der Waals surface area contributed by atoms with Crippen LogP contribution in [0.1, 0.15) is 12.2 Å². The van der Waals surface area contributed by atoms with Gasteiger partial charge in [-0.25, -0.2) is 4.39 Å². The van der Waals surface area contributed by atoms with Crippen molar-refractivity contribution in [2.45, 2.75) is 25.0 Å². The van der Waals surface area contributed by atoms with Crippen molar-refractivity contribution in [3.63, 3.8) is 0 Å². The average Bonchev–Trinajstić information content (AvgIpc) is 3.10. The highest BCUT2D eigenvalue weighted by Gasteiger charge is 2.42. The van der Waals surface area contributed by atoms with Crippen LogP contribution < -0.4 is 15.4 Å². The molecule has 1 saturated heterocycles. The zero-order valence-electron chi connectivity index (χ0n) is 15.4. The highest BCUT2D eigenvalue weighted by Crippen LogP contribution is 2.22. The van der Waals surface area contributed by atoms with Crippen molar-refractivity contribution in [2.24, 2.45) is 0 Å². The minimum absolute atomic E-state index is 0.0174. The number of carbonyl (C=O) groups excluding carboxylic acids is 2. The number of rotatable bonds is 5. The van der Waals surface area contributed by atoms with E-state index in [-0.39, 0.29) is 23.7 Å². The number of halogens is 3. The summed E-state index contributed by atoms with van der Waals surface area (Å²) in [6, 6.07) is 2.72. The predicted molar refractivity (Wildman–Crippen MR) is 108 cm³/mol. The van der Waals surface area contributed by atoms with E-state index in [4.69, 9.17) is 16.1 Å². The molecule has 1 aliphatic heterocycles. The van der Waals surface area contributed by atoms with Gasteiger partial charge < -0.3 is 15.2 Å². The van der Waals surface area contributed by atoms with Crippen LogP contribution in [0.15, 0.2) is 33.4 Å². The molecule has 14 heteroatoms. The molecule has 162 valence electrons. The molecule has 1 aliphatic rings. The Morgan fingerprint density at radius 3 is 2.77 bits per heavy atom. The molecular weight excluding hydrogens is 509 g/mol. The molecule has 10 nitrogen and oxygen atoms in total. The van der Waals surface area contributed by atoms with Gasteiger partial charge in [0.1, 0.15) is 22.5 Å². The summed E-state index contributed by atoms with van der Waals surface area (Å²) in [6.07, 6.45) is -0.136. The number of nitrogens with zero attached hydrogens (tertiary/aromatic N) is 2. The van der Waals surface area contributed by atoms with Crippen molar-refractivity contribution < 1.29 is 26.9 Å². The summed E-state index contributed by atoms with van der Waals surface area (Å²) in [4.78, 5) is 25.1. The smallest absolute Gasteiger partial charge is 0.280 e. The fourth-order valence-electron chi connectivity index (χ4n) is 2.75. The first-order valence-electron chi connectivity index (χ1n) is 8.47. The molecule has 1 aromatic heterocycles. The third kappa shape index (κ3) is 5.16. The van der Waals surface area contributed by atoms with Crippen molar-refractivity contribution in [1.82, 2.24) is 19.5 Å². The molecule has 2 amide bonds. The number of nitrogens with one attached hydrogen (secondary N) is 3. The molecule has 2 heterocycles. The van der Waals surface area contributed by atoms with Crippen LogP contribution in [0, 0.1) is 5.82 Å². The third-order valence-electron chi connectivity index (χ3n) is 4.34. The van der Waals surface area contributed by atoms with E-state index in [2.05, 4.69) is 36.4 Å². The van der Waals surface area contributed by atoms with E-state index in [1.165, 1.54) is 19.2 Å². The van der Waals surface area contributed by atoms with Crippen molar-refractivity contribution in [3.8, 4) is 0 Å². The van der Waals surface area contributed by atoms with Crippen molar-refractivity contribution >= 4 is 55.2 Å². The second-order valence-corrected chi connectivity index (χ2v) is 9.38. The molecule has 2 aromatic rings. The van der Waals surface area contributed by atoms with Crippen LogP contribution in [0.25, 0.3) is 0 Å². The van der Waals surface area contributed by atoms with E-state index < -0.39 is 39.9 Å². The maximum atomic E-state index is 13.3. The number of benzene rings is 1. The largest absolute Gasteiger partial charge is 0.358 e. The Morgan fingerprint density at radius 2 is 2.13 bits per heavy atom. The summed E-state index contributed by atoms with van der Waals surface area (Å²) in [5, 5.41) is 8.43. The van der Waals surface area contributed by atoms with Gasteiger partial charge in [-0.15, -0.1) is 0 Å². The Kier molecular flexibility index (Phi) is 6.77. The first kappa shape index (κ1) is 22.6. The van der Waals surface area contributed by atoms with E-state index in [0.29, 0.717) is 10.4 Å². The quantitative estimate of drug-likeness (QED) is 0.541. The first-order chi connectivity index (χ1) is 14.1. The molecule has 1 aromatic carbocycles. The summed E-state index contributed by atoms with van der Waals surface area (Å²) < 4.78 is 46.5. The molecule has 3 N–H and O–H groups in total. The van der Waals surface area contributed by atoms with Crippen LogP contribution in [0.5, 0.6) is 0 Å². The van der Waals surface area contributed by atoms with E-state index in [1.807, 2.05) is 0 Å². The second-order valence-electron chi connectivity index (χ2n) is 6.40. The first-order valence-corrected chi connectivity index (χ1v) is 11.1.